The molecule has 3 N–H and O–H groups in total. The highest BCUT2D eigenvalue weighted by atomic mass is 35.5. The molecular formula is C21H27ClN4O6S. The third-order valence-corrected chi connectivity index (χ3v) is 7.25. The molecule has 1 heterocycles. The van der Waals surface area contributed by atoms with Gasteiger partial charge in [-0.3, -0.25) is 4.18 Å². The average molecular weight is 499 g/mol. The lowest BCUT2D eigenvalue weighted by atomic mass is 10.1. The highest BCUT2D eigenvalue weighted by Crippen LogP contribution is 2.37. The molecule has 2 aliphatic carbocycles. The average Bonchev–Trinajstić information content (AvgIpc) is 3.31. The third-order valence-electron chi connectivity index (χ3n) is 6.07. The van der Waals surface area contributed by atoms with E-state index in [1.165, 1.54) is 13.4 Å². The highest BCUT2D eigenvalue weighted by Gasteiger charge is 2.36. The molecule has 1 aromatic heterocycles. The van der Waals surface area contributed by atoms with Crippen molar-refractivity contribution in [2.45, 2.75) is 43.6 Å². The summed E-state index contributed by atoms with van der Waals surface area (Å²) < 4.78 is 41.5. The largest absolute Gasteiger partial charge is 0.474 e. The maximum absolute atomic E-state index is 11.5. The summed E-state index contributed by atoms with van der Waals surface area (Å²) in [6, 6.07) is 7.39. The van der Waals surface area contributed by atoms with E-state index in [2.05, 4.69) is 20.0 Å². The van der Waals surface area contributed by atoms with E-state index in [-0.39, 0.29) is 30.8 Å². The van der Waals surface area contributed by atoms with Gasteiger partial charge < -0.3 is 19.9 Å². The van der Waals surface area contributed by atoms with Gasteiger partial charge in [0.15, 0.2) is 0 Å². The number of rotatable bonds is 9. The number of aliphatic hydroxyl groups is 1. The van der Waals surface area contributed by atoms with E-state index in [4.69, 9.17) is 25.3 Å². The number of hydrogen-bond donors (Lipinski definition) is 3. The van der Waals surface area contributed by atoms with Crippen LogP contribution in [0.3, 0.4) is 0 Å². The molecule has 33 heavy (non-hydrogen) atoms. The third kappa shape index (κ3) is 5.73. The normalized spacial score (nSPS) is 26.8. The predicted molar refractivity (Wildman–Crippen MR) is 121 cm³/mol. The summed E-state index contributed by atoms with van der Waals surface area (Å²) in [4.78, 5) is 8.49. The number of methoxy groups -OCH3 is 1. The van der Waals surface area contributed by atoms with Crippen LogP contribution in [0.5, 0.6) is 5.88 Å². The topological polar surface area (TPSA) is 132 Å². The lowest BCUT2D eigenvalue weighted by Gasteiger charge is -2.21. The zero-order valence-electron chi connectivity index (χ0n) is 18.3. The van der Waals surface area contributed by atoms with E-state index in [9.17, 15) is 13.5 Å². The number of halogens is 1. The Bertz CT molecular complexity index is 1090. The number of aromatic nitrogens is 2. The van der Waals surface area contributed by atoms with Crippen molar-refractivity contribution in [3.8, 4) is 5.88 Å². The van der Waals surface area contributed by atoms with Crippen molar-refractivity contribution in [3.05, 3.63) is 46.7 Å². The molecule has 0 spiro atoms. The van der Waals surface area contributed by atoms with E-state index in [1.807, 2.05) is 18.2 Å². The smallest absolute Gasteiger partial charge is 0.335 e. The van der Waals surface area contributed by atoms with Crippen molar-refractivity contribution in [2.24, 2.45) is 5.92 Å². The Labute approximate surface area is 197 Å². The van der Waals surface area contributed by atoms with Gasteiger partial charge in [0.2, 0.25) is 5.88 Å². The molecule has 4 rings (SSSR count). The van der Waals surface area contributed by atoms with Crippen LogP contribution < -0.4 is 14.8 Å². The van der Waals surface area contributed by atoms with Crippen molar-refractivity contribution in [1.29, 1.82) is 0 Å². The number of nitrogens with one attached hydrogen (secondary N) is 2. The Morgan fingerprint density at radius 2 is 2.06 bits per heavy atom. The van der Waals surface area contributed by atoms with E-state index in [1.54, 1.807) is 13.2 Å². The first-order chi connectivity index (χ1) is 15.8. The van der Waals surface area contributed by atoms with Gasteiger partial charge in [0.25, 0.3) is 0 Å². The molecular weight excluding hydrogens is 472 g/mol. The van der Waals surface area contributed by atoms with E-state index < -0.39 is 16.4 Å². The Balaban J connectivity index is 1.40. The van der Waals surface area contributed by atoms with Crippen molar-refractivity contribution in [1.82, 2.24) is 14.7 Å². The minimum absolute atomic E-state index is 0.0718. The molecule has 1 saturated carbocycles. The number of hydrogen-bond acceptors (Lipinski definition) is 9. The molecule has 180 valence electrons. The van der Waals surface area contributed by atoms with Gasteiger partial charge >= 0.3 is 10.3 Å². The van der Waals surface area contributed by atoms with E-state index >= 15 is 0 Å². The summed E-state index contributed by atoms with van der Waals surface area (Å²) in [5, 5.41) is 14.4. The Morgan fingerprint density at radius 3 is 2.82 bits per heavy atom. The van der Waals surface area contributed by atoms with Gasteiger partial charge in [-0.2, -0.15) is 13.1 Å². The second-order valence-electron chi connectivity index (χ2n) is 8.17. The zero-order chi connectivity index (χ0) is 23.6. The van der Waals surface area contributed by atoms with Crippen molar-refractivity contribution >= 4 is 27.7 Å². The second kappa shape index (κ2) is 10.1. The summed E-state index contributed by atoms with van der Waals surface area (Å²) in [6.07, 6.45) is 1.81. The van der Waals surface area contributed by atoms with Crippen LogP contribution in [-0.4, -0.2) is 62.6 Å². The van der Waals surface area contributed by atoms with Gasteiger partial charge in [0.1, 0.15) is 18.2 Å². The molecule has 5 atom stereocenters. The van der Waals surface area contributed by atoms with Crippen LogP contribution >= 0.6 is 11.6 Å². The number of aliphatic hydroxyl groups excluding tert-OH is 1. The van der Waals surface area contributed by atoms with Crippen LogP contribution in [0.25, 0.3) is 0 Å². The maximum atomic E-state index is 11.5. The minimum Gasteiger partial charge on any atom is -0.474 e. The fourth-order valence-electron chi connectivity index (χ4n) is 4.36. The van der Waals surface area contributed by atoms with Crippen molar-refractivity contribution in [3.63, 3.8) is 0 Å². The zero-order valence-corrected chi connectivity index (χ0v) is 19.8. The summed E-state index contributed by atoms with van der Waals surface area (Å²) >= 11 is 6.14. The molecule has 1 aromatic carbocycles. The molecule has 0 amide bonds. The van der Waals surface area contributed by atoms with Crippen LogP contribution in [-0.2, 0) is 25.6 Å². The molecule has 0 bridgehead atoms. The predicted octanol–water partition coefficient (Wildman–Crippen LogP) is 1.85. The van der Waals surface area contributed by atoms with Gasteiger partial charge in [-0.1, -0.05) is 17.7 Å². The molecule has 0 aliphatic heterocycles. The molecule has 2 aromatic rings. The molecule has 2 aliphatic rings. The Morgan fingerprint density at radius 1 is 1.24 bits per heavy atom. The number of benzene rings is 1. The van der Waals surface area contributed by atoms with Gasteiger partial charge in [-0.25, -0.2) is 9.97 Å². The van der Waals surface area contributed by atoms with Gasteiger partial charge in [0.05, 0.1) is 24.9 Å². The number of fused-ring (bicyclic) bond motifs is 1. The first-order valence-electron chi connectivity index (χ1n) is 10.6. The Kier molecular flexibility index (Phi) is 7.37. The SMILES string of the molecule is CNS(=O)(=O)OC[C@@H]1C[C@@H](Oc2cc(N[C@@H]3c4ccc(Cl)cc4C[C@@H]3OC)ncn2)C[C@@H]1O. The minimum atomic E-state index is -3.80. The fourth-order valence-corrected chi connectivity index (χ4v) is 5.02. The number of ether oxygens (including phenoxy) is 2. The van der Waals surface area contributed by atoms with Crippen molar-refractivity contribution in [2.75, 3.05) is 26.1 Å². The summed E-state index contributed by atoms with van der Waals surface area (Å²) in [5.74, 6) is 0.577. The standard InChI is InChI=1S/C21H27ClN4O6S/c1-23-33(28,29)31-10-13-6-15(8-17(13)27)32-20-9-19(24-11-25-20)26-21-16-4-3-14(22)5-12(16)7-18(21)30-2/h3-5,9,11,13,15,17-18,21,23,27H,6-8,10H2,1-2H3,(H,24,25,26)/t13-,15+,17-,18-,21+/m0/s1. The highest BCUT2D eigenvalue weighted by molar-refractivity contribution is 7.84. The maximum Gasteiger partial charge on any atom is 0.335 e. The van der Waals surface area contributed by atoms with Gasteiger partial charge in [-0.15, -0.1) is 0 Å². The quantitative estimate of drug-likeness (QED) is 0.473. The fraction of sp³-hybridized carbons (Fsp3) is 0.524. The lowest BCUT2D eigenvalue weighted by molar-refractivity contribution is 0.0958. The van der Waals surface area contributed by atoms with Crippen LogP contribution in [0.15, 0.2) is 30.6 Å². The molecule has 12 heteroatoms. The second-order valence-corrected chi connectivity index (χ2v) is 10.2. The molecule has 0 unspecified atom stereocenters. The van der Waals surface area contributed by atoms with Crippen LogP contribution in [0.1, 0.15) is 30.0 Å². The number of nitrogens with zero attached hydrogens (tertiary/aromatic N) is 2. The van der Waals surface area contributed by atoms with Gasteiger partial charge in [0, 0.05) is 44.0 Å². The van der Waals surface area contributed by atoms with E-state index in [0.717, 1.165) is 17.5 Å². The summed E-state index contributed by atoms with van der Waals surface area (Å²) in [7, 11) is -0.862. The Hall–Kier alpha value is -2.02. The molecule has 0 saturated heterocycles. The van der Waals surface area contributed by atoms with Crippen molar-refractivity contribution < 1.29 is 27.2 Å². The molecule has 0 radical (unpaired) electrons. The van der Waals surface area contributed by atoms with Gasteiger partial charge in [-0.05, 0) is 29.7 Å². The monoisotopic (exact) mass is 498 g/mol. The van der Waals surface area contributed by atoms with E-state index in [0.29, 0.717) is 29.6 Å². The van der Waals surface area contributed by atoms with Crippen LogP contribution in [0, 0.1) is 5.92 Å². The summed E-state index contributed by atoms with van der Waals surface area (Å²) in [5.41, 5.74) is 2.23. The van der Waals surface area contributed by atoms with Crippen LogP contribution in [0.4, 0.5) is 5.82 Å². The lowest BCUT2D eigenvalue weighted by Crippen LogP contribution is -2.27. The first-order valence-corrected chi connectivity index (χ1v) is 12.4. The molecule has 10 nitrogen and oxygen atoms in total. The van der Waals surface area contributed by atoms with Crippen LogP contribution in [0.2, 0.25) is 5.02 Å². The molecule has 1 fully saturated rings. The summed E-state index contributed by atoms with van der Waals surface area (Å²) in [6.45, 7) is -0.121. The number of anilines is 1. The first kappa shape index (κ1) is 24.1.